The maximum absolute atomic E-state index is 9.01. The molecule has 4 nitrogen and oxygen atoms in total. The number of aliphatic hydroxyl groups excluding tert-OH is 2. The third-order valence-corrected chi connectivity index (χ3v) is 2.80. The lowest BCUT2D eigenvalue weighted by molar-refractivity contribution is -0.0234. The van der Waals surface area contributed by atoms with Crippen molar-refractivity contribution in [2.45, 2.75) is 19.6 Å². The molecule has 1 rings (SSSR count). The van der Waals surface area contributed by atoms with Crippen LogP contribution in [-0.2, 0) is 11.3 Å². The molecule has 0 amide bonds. The van der Waals surface area contributed by atoms with E-state index in [-0.39, 0.29) is 25.2 Å². The molecular weight excluding hydrogens is 220 g/mol. The first-order valence-corrected chi connectivity index (χ1v) is 5.67. The summed E-state index contributed by atoms with van der Waals surface area (Å²) in [5.41, 5.74) is 1.03. The molecular formula is C13H20O4. The second kappa shape index (κ2) is 7.27. The van der Waals surface area contributed by atoms with E-state index in [0.29, 0.717) is 6.61 Å². The molecule has 0 spiro atoms. The Morgan fingerprint density at radius 2 is 1.71 bits per heavy atom. The van der Waals surface area contributed by atoms with Gasteiger partial charge in [0, 0.05) is 5.92 Å². The Hall–Kier alpha value is -1.10. The SMILES string of the molecule is COc1ccc(COC(C)C(CO)CO)cc1. The van der Waals surface area contributed by atoms with Crippen LogP contribution in [0.1, 0.15) is 12.5 Å². The van der Waals surface area contributed by atoms with Gasteiger partial charge in [-0.2, -0.15) is 0 Å². The van der Waals surface area contributed by atoms with Crippen molar-refractivity contribution in [3.8, 4) is 5.75 Å². The fraction of sp³-hybridized carbons (Fsp3) is 0.538. The molecule has 0 saturated heterocycles. The van der Waals surface area contributed by atoms with Gasteiger partial charge in [0.05, 0.1) is 33.0 Å². The number of hydrogen-bond donors (Lipinski definition) is 2. The van der Waals surface area contributed by atoms with Crippen LogP contribution in [0, 0.1) is 5.92 Å². The molecule has 0 aliphatic rings. The highest BCUT2D eigenvalue weighted by molar-refractivity contribution is 5.26. The zero-order chi connectivity index (χ0) is 12.7. The summed E-state index contributed by atoms with van der Waals surface area (Å²) in [7, 11) is 1.63. The summed E-state index contributed by atoms with van der Waals surface area (Å²) in [4.78, 5) is 0. The Bertz CT molecular complexity index is 306. The number of aliphatic hydroxyl groups is 2. The van der Waals surface area contributed by atoms with Crippen LogP contribution in [0.5, 0.6) is 5.75 Å². The summed E-state index contributed by atoms with van der Waals surface area (Å²) in [5, 5.41) is 18.0. The lowest BCUT2D eigenvalue weighted by Gasteiger charge is -2.20. The molecule has 0 radical (unpaired) electrons. The standard InChI is InChI=1S/C13H20O4/c1-10(12(7-14)8-15)17-9-11-3-5-13(16-2)6-4-11/h3-6,10,12,14-15H,7-9H2,1-2H3. The van der Waals surface area contributed by atoms with Crippen LogP contribution in [0.4, 0.5) is 0 Å². The molecule has 0 saturated carbocycles. The average Bonchev–Trinajstić information content (AvgIpc) is 2.38. The van der Waals surface area contributed by atoms with Crippen LogP contribution in [0.25, 0.3) is 0 Å². The summed E-state index contributed by atoms with van der Waals surface area (Å²) in [6, 6.07) is 7.61. The minimum absolute atomic E-state index is 0.0692. The Labute approximate surface area is 102 Å². The topological polar surface area (TPSA) is 58.9 Å². The third kappa shape index (κ3) is 4.34. The average molecular weight is 240 g/mol. The van der Waals surface area contributed by atoms with Crippen molar-refractivity contribution >= 4 is 0 Å². The molecule has 17 heavy (non-hydrogen) atoms. The molecule has 0 aliphatic heterocycles. The van der Waals surface area contributed by atoms with Crippen LogP contribution < -0.4 is 4.74 Å². The van der Waals surface area contributed by atoms with Gasteiger partial charge in [0.15, 0.2) is 0 Å². The predicted molar refractivity (Wildman–Crippen MR) is 64.9 cm³/mol. The fourth-order valence-corrected chi connectivity index (χ4v) is 1.44. The van der Waals surface area contributed by atoms with Crippen molar-refractivity contribution in [2.24, 2.45) is 5.92 Å². The third-order valence-electron chi connectivity index (χ3n) is 2.80. The van der Waals surface area contributed by atoms with Crippen molar-refractivity contribution < 1.29 is 19.7 Å². The van der Waals surface area contributed by atoms with Crippen molar-refractivity contribution in [1.82, 2.24) is 0 Å². The lowest BCUT2D eigenvalue weighted by Crippen LogP contribution is -2.27. The second-order valence-electron chi connectivity index (χ2n) is 3.99. The first kappa shape index (κ1) is 14.0. The molecule has 4 heteroatoms. The van der Waals surface area contributed by atoms with Crippen LogP contribution in [0.15, 0.2) is 24.3 Å². The Morgan fingerprint density at radius 1 is 1.12 bits per heavy atom. The van der Waals surface area contributed by atoms with Crippen LogP contribution in [0.3, 0.4) is 0 Å². The van der Waals surface area contributed by atoms with E-state index in [1.807, 2.05) is 31.2 Å². The van der Waals surface area contributed by atoms with Gasteiger partial charge in [-0.05, 0) is 24.6 Å². The van der Waals surface area contributed by atoms with Crippen LogP contribution in [0.2, 0.25) is 0 Å². The largest absolute Gasteiger partial charge is 0.497 e. The number of ether oxygens (including phenoxy) is 2. The maximum atomic E-state index is 9.01. The van der Waals surface area contributed by atoms with E-state index in [1.165, 1.54) is 0 Å². The van der Waals surface area contributed by atoms with E-state index in [1.54, 1.807) is 7.11 Å². The Balaban J connectivity index is 2.43. The second-order valence-corrected chi connectivity index (χ2v) is 3.99. The van der Waals surface area contributed by atoms with E-state index in [9.17, 15) is 0 Å². The van der Waals surface area contributed by atoms with Gasteiger partial charge < -0.3 is 19.7 Å². The van der Waals surface area contributed by atoms with Crippen molar-refractivity contribution in [3.05, 3.63) is 29.8 Å². The minimum atomic E-state index is -0.228. The number of rotatable bonds is 7. The molecule has 0 fully saturated rings. The van der Waals surface area contributed by atoms with Gasteiger partial charge in [-0.3, -0.25) is 0 Å². The van der Waals surface area contributed by atoms with Crippen LogP contribution in [-0.4, -0.2) is 36.6 Å². The van der Waals surface area contributed by atoms with E-state index in [0.717, 1.165) is 11.3 Å². The van der Waals surface area contributed by atoms with E-state index >= 15 is 0 Å². The fourth-order valence-electron chi connectivity index (χ4n) is 1.44. The van der Waals surface area contributed by atoms with Gasteiger partial charge in [0.25, 0.3) is 0 Å². The summed E-state index contributed by atoms with van der Waals surface area (Å²) in [6.07, 6.45) is -0.174. The molecule has 0 aromatic heterocycles. The van der Waals surface area contributed by atoms with Crippen molar-refractivity contribution in [2.75, 3.05) is 20.3 Å². The van der Waals surface area contributed by atoms with Gasteiger partial charge in [-0.1, -0.05) is 12.1 Å². The molecule has 0 bridgehead atoms. The molecule has 1 unspecified atom stereocenters. The van der Waals surface area contributed by atoms with Gasteiger partial charge in [0.1, 0.15) is 5.75 Å². The zero-order valence-electron chi connectivity index (χ0n) is 10.3. The Morgan fingerprint density at radius 3 is 2.18 bits per heavy atom. The smallest absolute Gasteiger partial charge is 0.118 e. The highest BCUT2D eigenvalue weighted by atomic mass is 16.5. The van der Waals surface area contributed by atoms with E-state index < -0.39 is 0 Å². The van der Waals surface area contributed by atoms with Gasteiger partial charge in [0.2, 0.25) is 0 Å². The minimum Gasteiger partial charge on any atom is -0.497 e. The predicted octanol–water partition coefficient (Wildman–Crippen LogP) is 1.20. The van der Waals surface area contributed by atoms with E-state index in [4.69, 9.17) is 19.7 Å². The van der Waals surface area contributed by atoms with Crippen LogP contribution >= 0.6 is 0 Å². The molecule has 1 atom stereocenters. The highest BCUT2D eigenvalue weighted by Gasteiger charge is 2.15. The summed E-state index contributed by atoms with van der Waals surface area (Å²) in [5.74, 6) is 0.582. The molecule has 2 N–H and O–H groups in total. The first-order chi connectivity index (χ1) is 8.21. The van der Waals surface area contributed by atoms with E-state index in [2.05, 4.69) is 0 Å². The summed E-state index contributed by atoms with van der Waals surface area (Å²) in [6.45, 7) is 2.17. The highest BCUT2D eigenvalue weighted by Crippen LogP contribution is 2.14. The number of hydrogen-bond acceptors (Lipinski definition) is 4. The van der Waals surface area contributed by atoms with Crippen molar-refractivity contribution in [1.29, 1.82) is 0 Å². The summed E-state index contributed by atoms with van der Waals surface area (Å²) < 4.78 is 10.6. The van der Waals surface area contributed by atoms with Gasteiger partial charge in [-0.15, -0.1) is 0 Å². The molecule has 1 aromatic rings. The first-order valence-electron chi connectivity index (χ1n) is 5.67. The van der Waals surface area contributed by atoms with Crippen molar-refractivity contribution in [3.63, 3.8) is 0 Å². The number of benzene rings is 1. The van der Waals surface area contributed by atoms with Gasteiger partial charge in [-0.25, -0.2) is 0 Å². The summed E-state index contributed by atoms with van der Waals surface area (Å²) >= 11 is 0. The molecule has 1 aromatic carbocycles. The molecule has 0 heterocycles. The zero-order valence-corrected chi connectivity index (χ0v) is 10.3. The number of methoxy groups -OCH3 is 1. The molecule has 96 valence electrons. The lowest BCUT2D eigenvalue weighted by atomic mass is 10.1. The molecule has 0 aliphatic carbocycles. The quantitative estimate of drug-likeness (QED) is 0.752. The van der Waals surface area contributed by atoms with Gasteiger partial charge >= 0.3 is 0 Å². The maximum Gasteiger partial charge on any atom is 0.118 e. The normalized spacial score (nSPS) is 12.8. The monoisotopic (exact) mass is 240 g/mol. The Kier molecular flexibility index (Phi) is 5.97.